The summed E-state index contributed by atoms with van der Waals surface area (Å²) in [4.78, 5) is 27.4. The van der Waals surface area contributed by atoms with Crippen molar-refractivity contribution in [2.75, 3.05) is 51.6 Å². The van der Waals surface area contributed by atoms with Gasteiger partial charge in [0.1, 0.15) is 18.1 Å². The summed E-state index contributed by atoms with van der Waals surface area (Å²) in [5, 5.41) is 9.02. The van der Waals surface area contributed by atoms with Crippen LogP contribution in [-0.2, 0) is 4.74 Å². The van der Waals surface area contributed by atoms with Crippen LogP contribution in [0.1, 0.15) is 24.2 Å². The zero-order valence-electron chi connectivity index (χ0n) is 20.4. The number of anilines is 2. The molecule has 3 N–H and O–H groups in total. The maximum absolute atomic E-state index is 13.2. The number of methoxy groups -OCH3 is 2. The van der Waals surface area contributed by atoms with Crippen molar-refractivity contribution in [3.63, 3.8) is 0 Å². The number of amides is 3. The highest BCUT2D eigenvalue weighted by molar-refractivity contribution is 6.02. The minimum atomic E-state index is -0.437. The number of para-hydroxylation sites is 2. The fourth-order valence-electron chi connectivity index (χ4n) is 3.77. The van der Waals surface area contributed by atoms with Gasteiger partial charge in [0.15, 0.2) is 0 Å². The molecule has 0 aromatic heterocycles. The Morgan fingerprint density at radius 2 is 1.91 bits per heavy atom. The van der Waals surface area contributed by atoms with Crippen molar-refractivity contribution >= 4 is 23.3 Å². The minimum Gasteiger partial charge on any atom is -0.495 e. The maximum Gasteiger partial charge on any atom is 0.323 e. The smallest absolute Gasteiger partial charge is 0.323 e. The Balaban J connectivity index is 1.81. The van der Waals surface area contributed by atoms with Gasteiger partial charge in [-0.05, 0) is 37.1 Å². The Bertz CT molecular complexity index is 999. The minimum absolute atomic E-state index is 0.0607. The summed E-state index contributed by atoms with van der Waals surface area (Å²) < 4.78 is 16.9. The van der Waals surface area contributed by atoms with E-state index in [4.69, 9.17) is 14.2 Å². The molecule has 1 aliphatic rings. The van der Waals surface area contributed by atoms with Crippen LogP contribution in [0.25, 0.3) is 0 Å². The van der Waals surface area contributed by atoms with Crippen molar-refractivity contribution in [3.05, 3.63) is 48.0 Å². The molecule has 1 heterocycles. The molecule has 0 radical (unpaired) electrons. The molecule has 3 atom stereocenters. The first-order valence-electron chi connectivity index (χ1n) is 11.3. The second-order valence-corrected chi connectivity index (χ2v) is 8.55. The molecule has 1 aliphatic heterocycles. The Morgan fingerprint density at radius 1 is 1.15 bits per heavy atom. The molecule has 0 spiro atoms. The van der Waals surface area contributed by atoms with Gasteiger partial charge in [0.2, 0.25) is 0 Å². The molecule has 2 aromatic rings. The van der Waals surface area contributed by atoms with Gasteiger partial charge >= 0.3 is 6.03 Å². The van der Waals surface area contributed by atoms with Crippen LogP contribution in [0.15, 0.2) is 42.5 Å². The first-order valence-corrected chi connectivity index (χ1v) is 11.3. The Hall–Kier alpha value is -3.30. The van der Waals surface area contributed by atoms with Gasteiger partial charge in [0, 0.05) is 45.0 Å². The molecule has 0 fully saturated rings. The molecule has 9 nitrogen and oxygen atoms in total. The van der Waals surface area contributed by atoms with E-state index in [0.717, 1.165) is 6.54 Å². The summed E-state index contributed by atoms with van der Waals surface area (Å²) in [5.74, 6) is 1.01. The first kappa shape index (κ1) is 25.3. The van der Waals surface area contributed by atoms with E-state index >= 15 is 0 Å². The number of rotatable bonds is 4. The van der Waals surface area contributed by atoms with Crippen LogP contribution in [-0.4, -0.2) is 69.9 Å². The molecule has 2 aromatic carbocycles. The standard InChI is InChI=1S/C25H34N4O5/c1-16-13-26-17(2)15-34-22-12-18(10-11-19(22)24(30)29(3)14-23(16)33-5)27-25(31)28-20-8-6-7-9-21(20)32-4/h6-12,16-17,23,26H,13-15H2,1-5H3,(H2,27,28,31)/t16-,17-,23-/m1/s1. The molecule has 9 heteroatoms. The maximum atomic E-state index is 13.2. The van der Waals surface area contributed by atoms with Gasteiger partial charge in [0.25, 0.3) is 5.91 Å². The monoisotopic (exact) mass is 470 g/mol. The highest BCUT2D eigenvalue weighted by Gasteiger charge is 2.25. The number of nitrogens with zero attached hydrogens (tertiary/aromatic N) is 1. The lowest BCUT2D eigenvalue weighted by Crippen LogP contribution is -2.44. The highest BCUT2D eigenvalue weighted by Crippen LogP contribution is 2.27. The summed E-state index contributed by atoms with van der Waals surface area (Å²) in [5.41, 5.74) is 1.47. The average Bonchev–Trinajstić information content (AvgIpc) is 2.83. The Labute approximate surface area is 200 Å². The quantitative estimate of drug-likeness (QED) is 0.633. The number of carbonyl (C=O) groups excluding carboxylic acids is 2. The summed E-state index contributed by atoms with van der Waals surface area (Å²) in [6.07, 6.45) is -0.0999. The van der Waals surface area contributed by atoms with Crippen LogP contribution in [0.2, 0.25) is 0 Å². The predicted octanol–water partition coefficient (Wildman–Crippen LogP) is 3.43. The van der Waals surface area contributed by atoms with Crippen molar-refractivity contribution < 1.29 is 23.8 Å². The number of fused-ring (bicyclic) bond motifs is 1. The van der Waals surface area contributed by atoms with Crippen LogP contribution in [0, 0.1) is 5.92 Å². The molecule has 3 rings (SSSR count). The van der Waals surface area contributed by atoms with Crippen LogP contribution >= 0.6 is 0 Å². The van der Waals surface area contributed by atoms with E-state index in [2.05, 4.69) is 22.9 Å². The average molecular weight is 471 g/mol. The number of urea groups is 1. The molecule has 0 aliphatic carbocycles. The Kier molecular flexibility index (Phi) is 8.72. The highest BCUT2D eigenvalue weighted by atomic mass is 16.5. The van der Waals surface area contributed by atoms with Gasteiger partial charge in [-0.3, -0.25) is 4.79 Å². The van der Waals surface area contributed by atoms with Crippen molar-refractivity contribution in [1.29, 1.82) is 0 Å². The third-order valence-corrected chi connectivity index (χ3v) is 5.84. The molecule has 184 valence electrons. The van der Waals surface area contributed by atoms with Crippen molar-refractivity contribution in [2.24, 2.45) is 5.92 Å². The SMILES string of the molecule is COc1ccccc1NC(=O)Nc1ccc2c(c1)OC[C@@H](C)NC[C@@H](C)[C@H](OC)CN(C)C2=O. The van der Waals surface area contributed by atoms with Crippen LogP contribution in [0.3, 0.4) is 0 Å². The van der Waals surface area contributed by atoms with Crippen molar-refractivity contribution in [3.8, 4) is 11.5 Å². The van der Waals surface area contributed by atoms with Gasteiger partial charge in [-0.2, -0.15) is 0 Å². The lowest BCUT2D eigenvalue weighted by atomic mass is 10.0. The third kappa shape index (κ3) is 6.39. The number of likely N-dealkylation sites (N-methyl/N-ethyl adjacent to an activating group) is 1. The fraction of sp³-hybridized carbons (Fsp3) is 0.440. The van der Waals surface area contributed by atoms with Crippen LogP contribution < -0.4 is 25.4 Å². The summed E-state index contributed by atoms with van der Waals surface area (Å²) in [6, 6.07) is 11.8. The van der Waals surface area contributed by atoms with Gasteiger partial charge in [-0.25, -0.2) is 4.79 Å². The lowest BCUT2D eigenvalue weighted by Gasteiger charge is -2.30. The largest absolute Gasteiger partial charge is 0.495 e. The Morgan fingerprint density at radius 3 is 2.65 bits per heavy atom. The van der Waals surface area contributed by atoms with Crippen LogP contribution in [0.5, 0.6) is 11.5 Å². The van der Waals surface area contributed by atoms with Crippen molar-refractivity contribution in [1.82, 2.24) is 10.2 Å². The van der Waals surface area contributed by atoms with Gasteiger partial charge in [-0.15, -0.1) is 0 Å². The zero-order valence-corrected chi connectivity index (χ0v) is 20.4. The van der Waals surface area contributed by atoms with E-state index in [0.29, 0.717) is 41.6 Å². The number of hydrogen-bond acceptors (Lipinski definition) is 6. The van der Waals surface area contributed by atoms with E-state index in [-0.39, 0.29) is 24.0 Å². The molecule has 34 heavy (non-hydrogen) atoms. The van der Waals surface area contributed by atoms with Gasteiger partial charge < -0.3 is 35.1 Å². The van der Waals surface area contributed by atoms with E-state index in [1.54, 1.807) is 62.6 Å². The third-order valence-electron chi connectivity index (χ3n) is 5.84. The first-order chi connectivity index (χ1) is 16.3. The normalized spacial score (nSPS) is 21.4. The predicted molar refractivity (Wildman–Crippen MR) is 132 cm³/mol. The molecular formula is C25H34N4O5. The van der Waals surface area contributed by atoms with Gasteiger partial charge in [0.05, 0.1) is 24.5 Å². The molecule has 3 amide bonds. The zero-order chi connectivity index (χ0) is 24.7. The second-order valence-electron chi connectivity index (χ2n) is 8.55. The number of nitrogens with one attached hydrogen (secondary N) is 3. The molecule has 0 bridgehead atoms. The summed E-state index contributed by atoms with van der Waals surface area (Å²) >= 11 is 0. The number of benzene rings is 2. The van der Waals surface area contributed by atoms with Crippen LogP contribution in [0.4, 0.5) is 16.2 Å². The molecule has 0 saturated heterocycles. The summed E-state index contributed by atoms with van der Waals surface area (Å²) in [7, 11) is 4.96. The molecule has 0 unspecified atom stereocenters. The lowest BCUT2D eigenvalue weighted by molar-refractivity contribution is 0.0281. The van der Waals surface area contributed by atoms with Gasteiger partial charge in [-0.1, -0.05) is 19.1 Å². The number of carbonyl (C=O) groups is 2. The molecule has 0 saturated carbocycles. The summed E-state index contributed by atoms with van der Waals surface area (Å²) in [6.45, 7) is 5.68. The van der Waals surface area contributed by atoms with E-state index in [1.165, 1.54) is 0 Å². The van der Waals surface area contributed by atoms with Crippen molar-refractivity contribution in [2.45, 2.75) is 26.0 Å². The van der Waals surface area contributed by atoms with E-state index in [9.17, 15) is 9.59 Å². The fourth-order valence-corrected chi connectivity index (χ4v) is 3.77. The number of hydrogen-bond donors (Lipinski definition) is 3. The number of ether oxygens (including phenoxy) is 3. The second kappa shape index (κ2) is 11.7. The topological polar surface area (TPSA) is 101 Å². The van der Waals surface area contributed by atoms with E-state index in [1.807, 2.05) is 13.0 Å². The van der Waals surface area contributed by atoms with E-state index < -0.39 is 6.03 Å². The molecular weight excluding hydrogens is 436 g/mol.